The Morgan fingerprint density at radius 2 is 0.933 bits per heavy atom. The van der Waals surface area contributed by atoms with Gasteiger partial charge in [0, 0.05) is 22.4 Å². The van der Waals surface area contributed by atoms with Gasteiger partial charge in [-0.25, -0.2) is 9.98 Å². The maximum Gasteiger partial charge on any atom is 0.117 e. The summed E-state index contributed by atoms with van der Waals surface area (Å²) in [6.07, 6.45) is 3.45. The van der Waals surface area contributed by atoms with Gasteiger partial charge in [-0.15, -0.1) is 0 Å². The van der Waals surface area contributed by atoms with Gasteiger partial charge in [-0.2, -0.15) is 0 Å². The predicted molar refractivity (Wildman–Crippen MR) is 124 cm³/mol. The summed E-state index contributed by atoms with van der Waals surface area (Å²) in [6.45, 7) is 0. The Bertz CT molecular complexity index is 1070. The Kier molecular flexibility index (Phi) is 6.28. The van der Waals surface area contributed by atoms with E-state index in [-0.39, 0.29) is 0 Å². The van der Waals surface area contributed by atoms with Gasteiger partial charge in [-0.1, -0.05) is 35.3 Å². The molecule has 0 aliphatic heterocycles. The number of pyridine rings is 2. The summed E-state index contributed by atoms with van der Waals surface area (Å²) in [6, 6.07) is 25.9. The highest BCUT2D eigenvalue weighted by molar-refractivity contribution is 6.53. The van der Waals surface area contributed by atoms with E-state index >= 15 is 0 Å². The Morgan fingerprint density at radius 3 is 1.27 bits per heavy atom. The van der Waals surface area contributed by atoms with Crippen LogP contribution in [0.15, 0.2) is 107 Å². The highest BCUT2D eigenvalue weighted by atomic mass is 35.5. The number of aromatic nitrogens is 2. The van der Waals surface area contributed by atoms with Gasteiger partial charge in [0.2, 0.25) is 0 Å². The lowest BCUT2D eigenvalue weighted by molar-refractivity contribution is 1.27. The minimum absolute atomic E-state index is 0.603. The molecule has 0 N–H and O–H groups in total. The first-order valence-electron chi connectivity index (χ1n) is 9.21. The maximum absolute atomic E-state index is 6.04. The molecule has 4 aromatic rings. The molecular weight excluding hydrogens is 415 g/mol. The van der Waals surface area contributed by atoms with Crippen LogP contribution in [-0.2, 0) is 0 Å². The second-order valence-electron chi connectivity index (χ2n) is 6.30. The summed E-state index contributed by atoms with van der Waals surface area (Å²) >= 11 is 12.1. The van der Waals surface area contributed by atoms with E-state index in [2.05, 4.69) is 9.97 Å². The third-order valence-electron chi connectivity index (χ3n) is 4.17. The molecule has 0 amide bonds. The summed E-state index contributed by atoms with van der Waals surface area (Å²) in [4.78, 5) is 18.7. The number of benzene rings is 2. The Morgan fingerprint density at radius 1 is 0.533 bits per heavy atom. The van der Waals surface area contributed by atoms with Crippen molar-refractivity contribution in [1.82, 2.24) is 9.97 Å². The first-order chi connectivity index (χ1) is 14.7. The summed E-state index contributed by atoms with van der Waals surface area (Å²) < 4.78 is 0. The fourth-order valence-electron chi connectivity index (χ4n) is 2.76. The molecule has 30 heavy (non-hydrogen) atoms. The van der Waals surface area contributed by atoms with Crippen LogP contribution >= 0.6 is 23.2 Å². The van der Waals surface area contributed by atoms with E-state index in [0.29, 0.717) is 32.9 Å². The van der Waals surface area contributed by atoms with Gasteiger partial charge in [-0.3, -0.25) is 9.97 Å². The van der Waals surface area contributed by atoms with Crippen LogP contribution in [0.3, 0.4) is 0 Å². The molecular formula is C24H16Cl2N4. The van der Waals surface area contributed by atoms with Crippen LogP contribution < -0.4 is 0 Å². The van der Waals surface area contributed by atoms with Gasteiger partial charge in [0.25, 0.3) is 0 Å². The molecule has 0 spiro atoms. The smallest absolute Gasteiger partial charge is 0.117 e. The summed E-state index contributed by atoms with van der Waals surface area (Å²) in [5, 5.41) is 1.29. The van der Waals surface area contributed by atoms with E-state index in [9.17, 15) is 0 Å². The summed E-state index contributed by atoms with van der Waals surface area (Å²) in [7, 11) is 0. The molecule has 2 aromatic heterocycles. The molecule has 6 heteroatoms. The lowest BCUT2D eigenvalue weighted by Gasteiger charge is -2.10. The first-order valence-corrected chi connectivity index (χ1v) is 9.96. The van der Waals surface area contributed by atoms with Crippen molar-refractivity contribution in [3.8, 4) is 0 Å². The zero-order valence-corrected chi connectivity index (χ0v) is 17.3. The number of hydrogen-bond donors (Lipinski definition) is 0. The van der Waals surface area contributed by atoms with E-state index in [1.165, 1.54) is 0 Å². The van der Waals surface area contributed by atoms with Gasteiger partial charge < -0.3 is 0 Å². The van der Waals surface area contributed by atoms with E-state index < -0.39 is 0 Å². The molecule has 0 aliphatic rings. The molecule has 0 unspecified atom stereocenters. The lowest BCUT2D eigenvalue weighted by atomic mass is 10.1. The second kappa shape index (κ2) is 9.44. The Balaban J connectivity index is 1.93. The van der Waals surface area contributed by atoms with Crippen LogP contribution in [0.5, 0.6) is 0 Å². The van der Waals surface area contributed by atoms with E-state index in [4.69, 9.17) is 33.2 Å². The third kappa shape index (κ3) is 4.98. The fourth-order valence-corrected chi connectivity index (χ4v) is 3.01. The van der Waals surface area contributed by atoms with Crippen molar-refractivity contribution < 1.29 is 0 Å². The minimum atomic E-state index is 0.603. The van der Waals surface area contributed by atoms with Crippen molar-refractivity contribution in [2.75, 3.05) is 0 Å². The van der Waals surface area contributed by atoms with Gasteiger partial charge in [-0.05, 0) is 72.8 Å². The zero-order valence-electron chi connectivity index (χ0n) is 15.8. The molecule has 0 bridgehead atoms. The quantitative estimate of drug-likeness (QED) is 0.329. The van der Waals surface area contributed by atoms with Crippen LogP contribution in [0, 0.1) is 0 Å². The molecule has 2 aromatic carbocycles. The topological polar surface area (TPSA) is 50.5 Å². The number of halogens is 2. The second-order valence-corrected chi connectivity index (χ2v) is 7.18. The predicted octanol–water partition coefficient (Wildman–Crippen LogP) is 6.73. The largest absolute Gasteiger partial charge is 0.255 e. The highest BCUT2D eigenvalue weighted by Crippen LogP contribution is 2.22. The van der Waals surface area contributed by atoms with Crippen LogP contribution in [0.1, 0.15) is 11.4 Å². The zero-order chi connectivity index (χ0) is 20.8. The van der Waals surface area contributed by atoms with Crippen LogP contribution in [0.4, 0.5) is 11.4 Å². The summed E-state index contributed by atoms with van der Waals surface area (Å²) in [5.41, 5.74) is 4.05. The van der Waals surface area contributed by atoms with Crippen molar-refractivity contribution in [1.29, 1.82) is 0 Å². The number of nitrogens with zero attached hydrogens (tertiary/aromatic N) is 4. The molecule has 0 saturated carbocycles. The molecule has 0 aliphatic carbocycles. The molecule has 0 saturated heterocycles. The molecule has 0 atom stereocenters. The average molecular weight is 431 g/mol. The molecule has 4 nitrogen and oxygen atoms in total. The fraction of sp³-hybridized carbons (Fsp3) is 0. The summed E-state index contributed by atoms with van der Waals surface area (Å²) in [5.74, 6) is 0. The molecule has 4 rings (SSSR count). The van der Waals surface area contributed by atoms with Crippen molar-refractivity contribution in [3.63, 3.8) is 0 Å². The number of hydrogen-bond acceptors (Lipinski definition) is 4. The normalized spacial score (nSPS) is 12.1. The van der Waals surface area contributed by atoms with E-state index in [1.54, 1.807) is 36.7 Å². The molecule has 0 radical (unpaired) electrons. The van der Waals surface area contributed by atoms with Crippen molar-refractivity contribution in [2.24, 2.45) is 9.98 Å². The van der Waals surface area contributed by atoms with Crippen LogP contribution in [0.2, 0.25) is 10.0 Å². The van der Waals surface area contributed by atoms with E-state index in [0.717, 1.165) is 11.4 Å². The lowest BCUT2D eigenvalue weighted by Crippen LogP contribution is -2.19. The van der Waals surface area contributed by atoms with Gasteiger partial charge in [0.1, 0.15) is 11.4 Å². The molecule has 0 fully saturated rings. The van der Waals surface area contributed by atoms with Crippen molar-refractivity contribution in [3.05, 3.63) is 119 Å². The van der Waals surface area contributed by atoms with Crippen LogP contribution in [-0.4, -0.2) is 21.4 Å². The SMILES string of the molecule is Clc1ccc(N=C(C(=Nc2ccc(Cl)cc2)c2ccccn2)c2ccccn2)cc1. The third-order valence-corrected chi connectivity index (χ3v) is 4.68. The van der Waals surface area contributed by atoms with Crippen molar-refractivity contribution in [2.45, 2.75) is 0 Å². The van der Waals surface area contributed by atoms with Gasteiger partial charge >= 0.3 is 0 Å². The maximum atomic E-state index is 6.04. The number of rotatable bonds is 5. The average Bonchev–Trinajstić information content (AvgIpc) is 2.80. The van der Waals surface area contributed by atoms with Crippen molar-refractivity contribution >= 4 is 46.0 Å². The highest BCUT2D eigenvalue weighted by Gasteiger charge is 2.17. The molecule has 2 heterocycles. The first kappa shape index (κ1) is 20.0. The Labute approximate surface area is 184 Å². The van der Waals surface area contributed by atoms with Crippen LogP contribution in [0.25, 0.3) is 0 Å². The monoisotopic (exact) mass is 430 g/mol. The van der Waals surface area contributed by atoms with Gasteiger partial charge in [0.15, 0.2) is 0 Å². The van der Waals surface area contributed by atoms with Gasteiger partial charge in [0.05, 0.1) is 22.8 Å². The standard InChI is InChI=1S/C24H16Cl2N4/c25-17-7-11-19(12-8-17)29-23(21-5-1-3-15-27-21)24(22-6-2-4-16-28-22)30-20-13-9-18(26)10-14-20/h1-16H. The van der Waals surface area contributed by atoms with E-state index in [1.807, 2.05) is 60.7 Å². The number of aliphatic imine (C=N–C) groups is 2. The Hall–Kier alpha value is -3.34. The molecule has 146 valence electrons. The minimum Gasteiger partial charge on any atom is -0.255 e.